The number of rotatable bonds is 9. The van der Waals surface area contributed by atoms with Gasteiger partial charge in [0.25, 0.3) is 0 Å². The molecule has 0 aliphatic heterocycles. The van der Waals surface area contributed by atoms with E-state index < -0.39 is 9.84 Å². The van der Waals surface area contributed by atoms with Crippen molar-refractivity contribution in [3.63, 3.8) is 0 Å². The standard InChI is InChI=1S/C13H21ClN2O2S2/c1-2-20(17,18)9-5-6-11(16-15)10-19-13-8-4-3-7-12(13)14/h3-4,7-8,11,16H,2,5-6,9-10,15H2,1H3. The summed E-state index contributed by atoms with van der Waals surface area (Å²) < 4.78 is 22.8. The lowest BCUT2D eigenvalue weighted by Crippen LogP contribution is -2.37. The highest BCUT2D eigenvalue weighted by atomic mass is 35.5. The summed E-state index contributed by atoms with van der Waals surface area (Å²) in [5, 5.41) is 0.724. The number of hydrazine groups is 1. The van der Waals surface area contributed by atoms with Gasteiger partial charge in [-0.2, -0.15) is 0 Å². The number of hydrogen-bond acceptors (Lipinski definition) is 5. The fourth-order valence-electron chi connectivity index (χ4n) is 1.66. The summed E-state index contributed by atoms with van der Waals surface area (Å²) in [5.74, 6) is 6.69. The second-order valence-corrected chi connectivity index (χ2v) is 8.43. The highest BCUT2D eigenvalue weighted by molar-refractivity contribution is 7.99. The first-order valence-corrected chi connectivity index (χ1v) is 9.71. The smallest absolute Gasteiger partial charge is 0.150 e. The normalized spacial score (nSPS) is 13.3. The van der Waals surface area contributed by atoms with E-state index in [1.165, 1.54) is 0 Å². The first-order chi connectivity index (χ1) is 9.48. The molecule has 20 heavy (non-hydrogen) atoms. The maximum atomic E-state index is 11.4. The van der Waals surface area contributed by atoms with Crippen molar-refractivity contribution in [1.29, 1.82) is 0 Å². The molecule has 3 N–H and O–H groups in total. The van der Waals surface area contributed by atoms with Crippen LogP contribution in [-0.2, 0) is 9.84 Å². The molecule has 0 spiro atoms. The summed E-state index contributed by atoms with van der Waals surface area (Å²) in [5.41, 5.74) is 2.74. The molecule has 0 radical (unpaired) electrons. The fourth-order valence-corrected chi connectivity index (χ4v) is 3.88. The minimum atomic E-state index is -2.89. The van der Waals surface area contributed by atoms with E-state index in [1.807, 2.05) is 24.3 Å². The van der Waals surface area contributed by atoms with Crippen LogP contribution in [0, 0.1) is 0 Å². The van der Waals surface area contributed by atoms with E-state index in [0.29, 0.717) is 6.42 Å². The van der Waals surface area contributed by atoms with Crippen molar-refractivity contribution in [1.82, 2.24) is 5.43 Å². The molecule has 0 saturated carbocycles. The van der Waals surface area contributed by atoms with Crippen LogP contribution in [0.5, 0.6) is 0 Å². The minimum absolute atomic E-state index is 0.0725. The van der Waals surface area contributed by atoms with Gasteiger partial charge in [-0.05, 0) is 25.0 Å². The molecule has 0 aromatic heterocycles. The van der Waals surface area contributed by atoms with E-state index in [2.05, 4.69) is 5.43 Å². The Labute approximate surface area is 130 Å². The monoisotopic (exact) mass is 336 g/mol. The molecule has 1 atom stereocenters. The van der Waals surface area contributed by atoms with Crippen LogP contribution < -0.4 is 11.3 Å². The lowest BCUT2D eigenvalue weighted by atomic mass is 10.2. The summed E-state index contributed by atoms with van der Waals surface area (Å²) in [4.78, 5) is 1.01. The van der Waals surface area contributed by atoms with Gasteiger partial charge in [0.05, 0.1) is 10.8 Å². The van der Waals surface area contributed by atoms with Crippen molar-refractivity contribution in [3.05, 3.63) is 29.3 Å². The average molecular weight is 337 g/mol. The van der Waals surface area contributed by atoms with Gasteiger partial charge in [-0.3, -0.25) is 11.3 Å². The van der Waals surface area contributed by atoms with E-state index >= 15 is 0 Å². The Bertz CT molecular complexity index is 509. The van der Waals surface area contributed by atoms with Crippen LogP contribution in [0.3, 0.4) is 0 Å². The number of benzene rings is 1. The summed E-state index contributed by atoms with van der Waals surface area (Å²) >= 11 is 7.70. The second kappa shape index (κ2) is 8.89. The molecular weight excluding hydrogens is 316 g/mol. The third-order valence-corrected chi connectivity index (χ3v) is 6.43. The number of nitrogens with one attached hydrogen (secondary N) is 1. The molecule has 0 amide bonds. The quantitative estimate of drug-likeness (QED) is 0.412. The number of thioether (sulfide) groups is 1. The third-order valence-electron chi connectivity index (χ3n) is 2.96. The van der Waals surface area contributed by atoms with Crippen molar-refractivity contribution in [2.75, 3.05) is 17.3 Å². The van der Waals surface area contributed by atoms with E-state index in [-0.39, 0.29) is 17.5 Å². The molecule has 1 aromatic carbocycles. The van der Waals surface area contributed by atoms with Crippen LogP contribution in [0.2, 0.25) is 5.02 Å². The second-order valence-electron chi connectivity index (χ2n) is 4.48. The summed E-state index contributed by atoms with van der Waals surface area (Å²) in [6.07, 6.45) is 1.35. The molecular formula is C13H21ClN2O2S2. The maximum absolute atomic E-state index is 11.4. The van der Waals surface area contributed by atoms with Gasteiger partial charge in [0.15, 0.2) is 0 Å². The van der Waals surface area contributed by atoms with Gasteiger partial charge in [-0.15, -0.1) is 11.8 Å². The highest BCUT2D eigenvalue weighted by Gasteiger charge is 2.12. The van der Waals surface area contributed by atoms with Gasteiger partial charge in [-0.1, -0.05) is 30.7 Å². The Hall–Kier alpha value is -0.270. The average Bonchev–Trinajstić information content (AvgIpc) is 2.44. The number of sulfone groups is 1. The van der Waals surface area contributed by atoms with Crippen LogP contribution in [0.15, 0.2) is 29.2 Å². The Morgan fingerprint density at radius 2 is 2.10 bits per heavy atom. The number of nitrogens with two attached hydrogens (primary N) is 1. The van der Waals surface area contributed by atoms with E-state index in [4.69, 9.17) is 17.4 Å². The molecule has 0 aliphatic carbocycles. The number of halogens is 1. The third kappa shape index (κ3) is 6.45. The number of hydrogen-bond donors (Lipinski definition) is 2. The van der Waals surface area contributed by atoms with Crippen molar-refractivity contribution < 1.29 is 8.42 Å². The predicted octanol–water partition coefficient (Wildman–Crippen LogP) is 2.48. The molecule has 7 heteroatoms. The van der Waals surface area contributed by atoms with Gasteiger partial charge in [-0.25, -0.2) is 8.42 Å². The zero-order chi connectivity index (χ0) is 15.0. The van der Waals surface area contributed by atoms with E-state index in [1.54, 1.807) is 18.7 Å². The summed E-state index contributed by atoms with van der Waals surface area (Å²) in [7, 11) is -2.89. The SMILES string of the molecule is CCS(=O)(=O)CCCC(CSc1ccccc1Cl)NN. The van der Waals surface area contributed by atoms with Gasteiger partial charge >= 0.3 is 0 Å². The van der Waals surface area contributed by atoms with Crippen LogP contribution in [-0.4, -0.2) is 31.7 Å². The predicted molar refractivity (Wildman–Crippen MR) is 86.8 cm³/mol. The van der Waals surface area contributed by atoms with Crippen molar-refractivity contribution in [3.8, 4) is 0 Å². The molecule has 1 aromatic rings. The molecule has 0 bridgehead atoms. The summed E-state index contributed by atoms with van der Waals surface area (Å²) in [6, 6.07) is 7.71. The lowest BCUT2D eigenvalue weighted by Gasteiger charge is -2.15. The maximum Gasteiger partial charge on any atom is 0.150 e. The van der Waals surface area contributed by atoms with E-state index in [0.717, 1.165) is 22.1 Å². The molecule has 0 aliphatic rings. The van der Waals surface area contributed by atoms with Gasteiger partial charge in [0, 0.05) is 22.4 Å². The Morgan fingerprint density at radius 1 is 1.40 bits per heavy atom. The lowest BCUT2D eigenvalue weighted by molar-refractivity contribution is 0.528. The Morgan fingerprint density at radius 3 is 2.70 bits per heavy atom. The van der Waals surface area contributed by atoms with E-state index in [9.17, 15) is 8.42 Å². The Kier molecular flexibility index (Phi) is 7.91. The summed E-state index contributed by atoms with van der Waals surface area (Å²) in [6.45, 7) is 1.67. The van der Waals surface area contributed by atoms with Crippen molar-refractivity contribution in [2.45, 2.75) is 30.7 Å². The highest BCUT2D eigenvalue weighted by Crippen LogP contribution is 2.27. The van der Waals surface area contributed by atoms with Gasteiger partial charge < -0.3 is 0 Å². The van der Waals surface area contributed by atoms with Gasteiger partial charge in [0.1, 0.15) is 9.84 Å². The molecule has 0 fully saturated rings. The molecule has 1 rings (SSSR count). The first-order valence-electron chi connectivity index (χ1n) is 6.52. The molecule has 4 nitrogen and oxygen atoms in total. The topological polar surface area (TPSA) is 72.2 Å². The Balaban J connectivity index is 2.39. The van der Waals surface area contributed by atoms with Crippen LogP contribution in [0.1, 0.15) is 19.8 Å². The zero-order valence-electron chi connectivity index (χ0n) is 11.5. The molecule has 1 unspecified atom stereocenters. The molecule has 0 heterocycles. The zero-order valence-corrected chi connectivity index (χ0v) is 13.9. The first kappa shape index (κ1) is 17.8. The van der Waals surface area contributed by atoms with Crippen LogP contribution in [0.4, 0.5) is 0 Å². The van der Waals surface area contributed by atoms with Crippen LogP contribution in [0.25, 0.3) is 0 Å². The molecule has 0 saturated heterocycles. The van der Waals surface area contributed by atoms with Gasteiger partial charge in [0.2, 0.25) is 0 Å². The van der Waals surface area contributed by atoms with Crippen molar-refractivity contribution >= 4 is 33.2 Å². The van der Waals surface area contributed by atoms with Crippen molar-refractivity contribution in [2.24, 2.45) is 5.84 Å². The fraction of sp³-hybridized carbons (Fsp3) is 0.538. The minimum Gasteiger partial charge on any atom is -0.271 e. The molecule has 114 valence electrons. The largest absolute Gasteiger partial charge is 0.271 e. The van der Waals surface area contributed by atoms with Crippen LogP contribution >= 0.6 is 23.4 Å².